The van der Waals surface area contributed by atoms with E-state index < -0.39 is 0 Å². The first kappa shape index (κ1) is 16.4. The maximum absolute atomic E-state index is 11.4. The highest BCUT2D eigenvalue weighted by atomic mass is 32.1. The van der Waals surface area contributed by atoms with Gasteiger partial charge in [-0.05, 0) is 42.3 Å². The summed E-state index contributed by atoms with van der Waals surface area (Å²) in [5.41, 5.74) is 2.49. The van der Waals surface area contributed by atoms with E-state index in [0.29, 0.717) is 12.7 Å². The lowest BCUT2D eigenvalue weighted by Crippen LogP contribution is -2.36. The molecule has 1 aliphatic rings. The Morgan fingerprint density at radius 3 is 2.61 bits per heavy atom. The van der Waals surface area contributed by atoms with Crippen LogP contribution in [-0.2, 0) is 17.9 Å². The molecule has 1 aromatic carbocycles. The van der Waals surface area contributed by atoms with Gasteiger partial charge in [-0.1, -0.05) is 30.3 Å². The van der Waals surface area contributed by atoms with Crippen molar-refractivity contribution >= 4 is 17.1 Å². The average Bonchev–Trinajstić information content (AvgIpc) is 3.04. The van der Waals surface area contributed by atoms with E-state index in [2.05, 4.69) is 34.5 Å². The second-order valence-corrected chi connectivity index (χ2v) is 7.06. The normalized spacial score (nSPS) is 16.6. The van der Waals surface area contributed by atoms with Gasteiger partial charge in [0.2, 0.25) is 0 Å². The number of benzene rings is 1. The van der Waals surface area contributed by atoms with E-state index in [9.17, 15) is 4.79 Å². The van der Waals surface area contributed by atoms with Crippen molar-refractivity contribution in [3.8, 4) is 0 Å². The van der Waals surface area contributed by atoms with Crippen LogP contribution in [0.4, 0.5) is 0 Å². The van der Waals surface area contributed by atoms with Gasteiger partial charge in [0.05, 0.1) is 17.6 Å². The molecule has 0 aliphatic carbocycles. The summed E-state index contributed by atoms with van der Waals surface area (Å²) in [7, 11) is 0. The summed E-state index contributed by atoms with van der Waals surface area (Å²) in [5, 5.41) is 2.11. The first-order valence-electron chi connectivity index (χ1n) is 8.17. The summed E-state index contributed by atoms with van der Waals surface area (Å²) >= 11 is 1.55. The Bertz CT molecular complexity index is 630. The zero-order valence-electron chi connectivity index (χ0n) is 13.5. The minimum Gasteiger partial charge on any atom is -0.373 e. The lowest BCUT2D eigenvalue weighted by atomic mass is 10.1. The maximum atomic E-state index is 11.4. The molecule has 0 bridgehead atoms. The number of thiophene rings is 1. The van der Waals surface area contributed by atoms with E-state index in [-0.39, 0.29) is 5.78 Å². The molecular formula is C19H23NO2S. The van der Waals surface area contributed by atoms with Gasteiger partial charge in [-0.15, -0.1) is 11.3 Å². The van der Waals surface area contributed by atoms with Crippen LogP contribution in [0.15, 0.2) is 41.8 Å². The van der Waals surface area contributed by atoms with Crippen LogP contribution in [0, 0.1) is 0 Å². The molecule has 0 amide bonds. The minimum atomic E-state index is 0.161. The zero-order chi connectivity index (χ0) is 16.1. The predicted octanol–water partition coefficient (Wildman–Crippen LogP) is 4.13. The standard InChI is InChI=1S/C19H23NO2S/c1-15(21)19-11-17(14-23-19)12-20-9-7-18(8-10-20)22-13-16-5-3-2-4-6-16/h2-6,11,14,18H,7-10,12-13H2,1H3. The first-order chi connectivity index (χ1) is 11.2. The number of Topliss-reactive ketones (excluding diaryl/α,β-unsaturated/α-hetero) is 1. The Labute approximate surface area is 141 Å². The van der Waals surface area contributed by atoms with Crippen LogP contribution in [-0.4, -0.2) is 29.9 Å². The van der Waals surface area contributed by atoms with Crippen LogP contribution in [0.25, 0.3) is 0 Å². The van der Waals surface area contributed by atoms with Crippen molar-refractivity contribution < 1.29 is 9.53 Å². The first-order valence-corrected chi connectivity index (χ1v) is 9.05. The number of ether oxygens (including phenoxy) is 1. The summed E-state index contributed by atoms with van der Waals surface area (Å²) in [6, 6.07) is 12.4. The van der Waals surface area contributed by atoms with E-state index in [4.69, 9.17) is 4.74 Å². The summed E-state index contributed by atoms with van der Waals surface area (Å²) in [4.78, 5) is 14.7. The van der Waals surface area contributed by atoms with Gasteiger partial charge in [0.1, 0.15) is 0 Å². The van der Waals surface area contributed by atoms with E-state index >= 15 is 0 Å². The smallest absolute Gasteiger partial charge is 0.169 e. The average molecular weight is 329 g/mol. The maximum Gasteiger partial charge on any atom is 0.169 e. The third kappa shape index (κ3) is 4.74. The highest BCUT2D eigenvalue weighted by Gasteiger charge is 2.20. The molecule has 122 valence electrons. The topological polar surface area (TPSA) is 29.5 Å². The molecule has 3 rings (SSSR count). The molecule has 0 spiro atoms. The number of hydrogen-bond acceptors (Lipinski definition) is 4. The second kappa shape index (κ2) is 7.86. The highest BCUT2D eigenvalue weighted by Crippen LogP contribution is 2.21. The predicted molar refractivity (Wildman–Crippen MR) is 93.9 cm³/mol. The van der Waals surface area contributed by atoms with Gasteiger partial charge in [0, 0.05) is 19.6 Å². The van der Waals surface area contributed by atoms with E-state index in [0.717, 1.165) is 37.4 Å². The summed E-state index contributed by atoms with van der Waals surface area (Å²) < 4.78 is 6.03. The Morgan fingerprint density at radius 1 is 1.22 bits per heavy atom. The Morgan fingerprint density at radius 2 is 1.96 bits per heavy atom. The van der Waals surface area contributed by atoms with Crippen molar-refractivity contribution in [2.45, 2.75) is 39.0 Å². The lowest BCUT2D eigenvalue weighted by Gasteiger charge is -2.31. The number of hydrogen-bond donors (Lipinski definition) is 0. The fourth-order valence-corrected chi connectivity index (χ4v) is 3.73. The summed E-state index contributed by atoms with van der Waals surface area (Å²) in [6.45, 7) is 5.40. The SMILES string of the molecule is CC(=O)c1cc(CN2CCC(OCc3ccccc3)CC2)cs1. The number of ketones is 1. The van der Waals surface area contributed by atoms with Gasteiger partial charge in [0.25, 0.3) is 0 Å². The minimum absolute atomic E-state index is 0.161. The fourth-order valence-electron chi connectivity index (χ4n) is 2.92. The highest BCUT2D eigenvalue weighted by molar-refractivity contribution is 7.12. The van der Waals surface area contributed by atoms with Gasteiger partial charge in [-0.25, -0.2) is 0 Å². The number of carbonyl (C=O) groups excluding carboxylic acids is 1. The number of nitrogens with zero attached hydrogens (tertiary/aromatic N) is 1. The van der Waals surface area contributed by atoms with Crippen molar-refractivity contribution in [2.24, 2.45) is 0 Å². The Balaban J connectivity index is 1.42. The van der Waals surface area contributed by atoms with Gasteiger partial charge in [-0.2, -0.15) is 0 Å². The monoisotopic (exact) mass is 329 g/mol. The van der Waals surface area contributed by atoms with Gasteiger partial charge in [0.15, 0.2) is 5.78 Å². The summed E-state index contributed by atoms with van der Waals surface area (Å²) in [5.74, 6) is 0.161. The van der Waals surface area contributed by atoms with Crippen molar-refractivity contribution in [1.82, 2.24) is 4.90 Å². The molecule has 0 radical (unpaired) electrons. The molecule has 0 atom stereocenters. The van der Waals surface area contributed by atoms with Crippen LogP contribution in [0.2, 0.25) is 0 Å². The zero-order valence-corrected chi connectivity index (χ0v) is 14.3. The molecule has 4 heteroatoms. The molecular weight excluding hydrogens is 306 g/mol. The van der Waals surface area contributed by atoms with E-state index in [1.54, 1.807) is 18.3 Å². The van der Waals surface area contributed by atoms with Crippen LogP contribution < -0.4 is 0 Å². The van der Waals surface area contributed by atoms with Crippen molar-refractivity contribution in [3.63, 3.8) is 0 Å². The quantitative estimate of drug-likeness (QED) is 0.746. The van der Waals surface area contributed by atoms with Crippen LogP contribution in [0.1, 0.15) is 40.6 Å². The van der Waals surface area contributed by atoms with E-state index in [1.807, 2.05) is 12.1 Å². The Kier molecular flexibility index (Phi) is 5.60. The van der Waals surface area contributed by atoms with Crippen LogP contribution in [0.3, 0.4) is 0 Å². The summed E-state index contributed by atoms with van der Waals surface area (Å²) in [6.07, 6.45) is 2.52. The molecule has 23 heavy (non-hydrogen) atoms. The van der Waals surface area contributed by atoms with Gasteiger partial charge in [-0.3, -0.25) is 9.69 Å². The number of likely N-dealkylation sites (tertiary alicyclic amines) is 1. The molecule has 0 saturated carbocycles. The Hall–Kier alpha value is -1.49. The molecule has 2 heterocycles. The van der Waals surface area contributed by atoms with Crippen molar-refractivity contribution in [1.29, 1.82) is 0 Å². The van der Waals surface area contributed by atoms with Crippen LogP contribution in [0.5, 0.6) is 0 Å². The van der Waals surface area contributed by atoms with E-state index in [1.165, 1.54) is 11.1 Å². The molecule has 1 fully saturated rings. The molecule has 0 unspecified atom stereocenters. The molecule has 3 nitrogen and oxygen atoms in total. The third-order valence-corrected chi connectivity index (χ3v) is 5.35. The fraction of sp³-hybridized carbons (Fsp3) is 0.421. The molecule has 1 aromatic heterocycles. The number of carbonyl (C=O) groups is 1. The third-order valence-electron chi connectivity index (χ3n) is 4.27. The number of rotatable bonds is 6. The number of piperidine rings is 1. The van der Waals surface area contributed by atoms with Crippen molar-refractivity contribution in [3.05, 3.63) is 57.8 Å². The molecule has 1 saturated heterocycles. The lowest BCUT2D eigenvalue weighted by molar-refractivity contribution is -0.00392. The molecule has 2 aromatic rings. The van der Waals surface area contributed by atoms with Gasteiger partial charge < -0.3 is 4.74 Å². The van der Waals surface area contributed by atoms with Crippen LogP contribution >= 0.6 is 11.3 Å². The second-order valence-electron chi connectivity index (χ2n) is 6.15. The molecule has 1 aliphatic heterocycles. The van der Waals surface area contributed by atoms with Gasteiger partial charge >= 0.3 is 0 Å². The van der Waals surface area contributed by atoms with Crippen molar-refractivity contribution in [2.75, 3.05) is 13.1 Å². The largest absolute Gasteiger partial charge is 0.373 e. The molecule has 0 N–H and O–H groups in total.